The zero-order valence-electron chi connectivity index (χ0n) is 15.3. The summed E-state index contributed by atoms with van der Waals surface area (Å²) in [6.07, 6.45) is 2.14. The lowest BCUT2D eigenvalue weighted by molar-refractivity contribution is -0.134. The molecule has 6 nitrogen and oxygen atoms in total. The van der Waals surface area contributed by atoms with Gasteiger partial charge in [0.1, 0.15) is 0 Å². The number of amides is 2. The predicted octanol–water partition coefficient (Wildman–Crippen LogP) is 1.59. The Hall–Kier alpha value is -1.79. The Morgan fingerprint density at radius 3 is 2.65 bits per heavy atom. The van der Waals surface area contributed by atoms with Crippen LogP contribution in [0.5, 0.6) is 0 Å². The number of halogens is 1. The summed E-state index contributed by atoms with van der Waals surface area (Å²) in [5.41, 5.74) is 1.17. The molecule has 0 spiro atoms. The van der Waals surface area contributed by atoms with Crippen LogP contribution in [0.1, 0.15) is 19.8 Å². The van der Waals surface area contributed by atoms with E-state index in [2.05, 4.69) is 21.2 Å². The number of piperidine rings is 1. The number of nitrogens with one attached hydrogen (secondary N) is 1. The van der Waals surface area contributed by atoms with Gasteiger partial charge in [-0.05, 0) is 31.0 Å². The van der Waals surface area contributed by atoms with Gasteiger partial charge >= 0.3 is 0 Å². The lowest BCUT2D eigenvalue weighted by Crippen LogP contribution is -2.56. The minimum absolute atomic E-state index is 0.0162. The van der Waals surface area contributed by atoms with Gasteiger partial charge in [0.2, 0.25) is 11.8 Å². The third kappa shape index (κ3) is 4.89. The average molecular weight is 379 g/mol. The summed E-state index contributed by atoms with van der Waals surface area (Å²) in [7, 11) is 0. The maximum Gasteiger partial charge on any atom is 0.242 e. The predicted molar refractivity (Wildman–Crippen MR) is 104 cm³/mol. The number of benzene rings is 1. The quantitative estimate of drug-likeness (QED) is 0.864. The summed E-state index contributed by atoms with van der Waals surface area (Å²) in [6, 6.07) is 8.41. The number of carbonyl (C=O) groups is 2. The van der Waals surface area contributed by atoms with Gasteiger partial charge in [0.15, 0.2) is 0 Å². The van der Waals surface area contributed by atoms with E-state index in [0.717, 1.165) is 57.1 Å². The first-order valence-electron chi connectivity index (χ1n) is 9.29. The Bertz CT molecular complexity index is 646. The average Bonchev–Trinajstić information content (AvgIpc) is 2.66. The van der Waals surface area contributed by atoms with E-state index in [4.69, 9.17) is 11.6 Å². The lowest BCUT2D eigenvalue weighted by atomic mass is 10.0. The minimum atomic E-state index is -0.163. The highest BCUT2D eigenvalue weighted by Crippen LogP contribution is 2.23. The van der Waals surface area contributed by atoms with Crippen LogP contribution in [0.15, 0.2) is 24.3 Å². The molecule has 2 fully saturated rings. The molecular weight excluding hydrogens is 352 g/mol. The third-order valence-corrected chi connectivity index (χ3v) is 5.48. The Kier molecular flexibility index (Phi) is 6.38. The van der Waals surface area contributed by atoms with E-state index in [1.807, 2.05) is 23.1 Å². The van der Waals surface area contributed by atoms with Gasteiger partial charge in [-0.1, -0.05) is 17.7 Å². The topological polar surface area (TPSA) is 55.9 Å². The van der Waals surface area contributed by atoms with Crippen molar-refractivity contribution in [3.8, 4) is 0 Å². The maximum atomic E-state index is 12.3. The second-order valence-electron chi connectivity index (χ2n) is 7.05. The lowest BCUT2D eigenvalue weighted by Gasteiger charge is -2.44. The number of nitrogens with zero attached hydrogens (tertiary/aromatic N) is 3. The SMILES string of the molecule is CC(=O)NCC(=O)N1CCCC(N2CCN(c3cccc(Cl)c3)CC2)C1. The van der Waals surface area contributed by atoms with Gasteiger partial charge in [0.25, 0.3) is 0 Å². The Labute approximate surface area is 160 Å². The number of likely N-dealkylation sites (tertiary alicyclic amines) is 1. The Balaban J connectivity index is 1.51. The standard InChI is InChI=1S/C19H27ClN4O2/c1-15(25)21-13-19(26)24-7-3-6-18(14-24)23-10-8-22(9-11-23)17-5-2-4-16(20)12-17/h2,4-5,12,18H,3,6-11,13-14H2,1H3,(H,21,25). The molecule has 2 saturated heterocycles. The molecule has 1 unspecified atom stereocenters. The summed E-state index contributed by atoms with van der Waals surface area (Å²) in [4.78, 5) is 30.0. The van der Waals surface area contributed by atoms with Crippen LogP contribution in [0, 0.1) is 0 Å². The first kappa shape index (κ1) is 19.0. The first-order chi connectivity index (χ1) is 12.5. The molecule has 0 saturated carbocycles. The molecule has 2 aliphatic heterocycles. The maximum absolute atomic E-state index is 12.3. The smallest absolute Gasteiger partial charge is 0.242 e. The van der Waals surface area contributed by atoms with E-state index in [9.17, 15) is 9.59 Å². The van der Waals surface area contributed by atoms with Crippen LogP contribution in [0.2, 0.25) is 5.02 Å². The fraction of sp³-hybridized carbons (Fsp3) is 0.579. The van der Waals surface area contributed by atoms with E-state index < -0.39 is 0 Å². The van der Waals surface area contributed by atoms with E-state index in [0.29, 0.717) is 6.04 Å². The van der Waals surface area contributed by atoms with E-state index >= 15 is 0 Å². The molecule has 1 atom stereocenters. The van der Waals surface area contributed by atoms with Crippen molar-refractivity contribution in [1.29, 1.82) is 0 Å². The molecule has 2 heterocycles. The van der Waals surface area contributed by atoms with Crippen molar-refractivity contribution in [3.63, 3.8) is 0 Å². The first-order valence-corrected chi connectivity index (χ1v) is 9.67. The Morgan fingerprint density at radius 2 is 1.96 bits per heavy atom. The second kappa shape index (κ2) is 8.73. The van der Waals surface area contributed by atoms with Crippen LogP contribution in [-0.4, -0.2) is 73.5 Å². The van der Waals surface area contributed by atoms with Crippen molar-refractivity contribution in [1.82, 2.24) is 15.1 Å². The number of hydrogen-bond donors (Lipinski definition) is 1. The van der Waals surface area contributed by atoms with Gasteiger partial charge < -0.3 is 15.1 Å². The summed E-state index contributed by atoms with van der Waals surface area (Å²) in [6.45, 7) is 7.01. The molecule has 7 heteroatoms. The van der Waals surface area contributed by atoms with Gasteiger partial charge in [0, 0.05) is 62.9 Å². The highest BCUT2D eigenvalue weighted by atomic mass is 35.5. The molecule has 0 aliphatic carbocycles. The van der Waals surface area contributed by atoms with Gasteiger partial charge in [-0.3, -0.25) is 14.5 Å². The highest BCUT2D eigenvalue weighted by molar-refractivity contribution is 6.30. The van der Waals surface area contributed by atoms with Crippen molar-refractivity contribution in [2.24, 2.45) is 0 Å². The molecule has 142 valence electrons. The van der Waals surface area contributed by atoms with Crippen LogP contribution in [0.25, 0.3) is 0 Å². The van der Waals surface area contributed by atoms with E-state index in [-0.39, 0.29) is 18.4 Å². The number of rotatable bonds is 4. The Morgan fingerprint density at radius 1 is 1.19 bits per heavy atom. The zero-order chi connectivity index (χ0) is 18.5. The fourth-order valence-electron chi connectivity index (χ4n) is 3.81. The van der Waals surface area contributed by atoms with Crippen LogP contribution in [-0.2, 0) is 9.59 Å². The monoisotopic (exact) mass is 378 g/mol. The van der Waals surface area contributed by atoms with E-state index in [1.165, 1.54) is 12.6 Å². The van der Waals surface area contributed by atoms with Gasteiger partial charge in [-0.15, -0.1) is 0 Å². The van der Waals surface area contributed by atoms with Crippen LogP contribution < -0.4 is 10.2 Å². The van der Waals surface area contributed by atoms with Crippen molar-refractivity contribution >= 4 is 29.1 Å². The third-order valence-electron chi connectivity index (χ3n) is 5.24. The van der Waals surface area contributed by atoms with Crippen LogP contribution >= 0.6 is 11.6 Å². The van der Waals surface area contributed by atoms with Crippen LogP contribution in [0.4, 0.5) is 5.69 Å². The van der Waals surface area contributed by atoms with Gasteiger partial charge in [0.05, 0.1) is 6.54 Å². The van der Waals surface area contributed by atoms with Crippen molar-refractivity contribution in [2.75, 3.05) is 50.7 Å². The molecular formula is C19H27ClN4O2. The van der Waals surface area contributed by atoms with Crippen LogP contribution in [0.3, 0.4) is 0 Å². The molecule has 1 N–H and O–H groups in total. The molecule has 0 radical (unpaired) electrons. The van der Waals surface area contributed by atoms with Crippen molar-refractivity contribution in [2.45, 2.75) is 25.8 Å². The molecule has 26 heavy (non-hydrogen) atoms. The summed E-state index contributed by atoms with van der Waals surface area (Å²) in [5, 5.41) is 3.37. The fourth-order valence-corrected chi connectivity index (χ4v) is 3.99. The largest absolute Gasteiger partial charge is 0.369 e. The van der Waals surface area contributed by atoms with E-state index in [1.54, 1.807) is 0 Å². The minimum Gasteiger partial charge on any atom is -0.369 e. The summed E-state index contributed by atoms with van der Waals surface area (Å²) >= 11 is 6.10. The van der Waals surface area contributed by atoms with Crippen molar-refractivity contribution in [3.05, 3.63) is 29.3 Å². The molecule has 0 aromatic heterocycles. The van der Waals surface area contributed by atoms with Gasteiger partial charge in [-0.2, -0.15) is 0 Å². The summed E-state index contributed by atoms with van der Waals surface area (Å²) in [5.74, 6) is -0.147. The molecule has 2 amide bonds. The summed E-state index contributed by atoms with van der Waals surface area (Å²) < 4.78 is 0. The normalized spacial score (nSPS) is 21.5. The molecule has 1 aromatic rings. The number of hydrogen-bond acceptors (Lipinski definition) is 4. The molecule has 3 rings (SSSR count). The number of anilines is 1. The van der Waals surface area contributed by atoms with Crippen molar-refractivity contribution < 1.29 is 9.59 Å². The highest BCUT2D eigenvalue weighted by Gasteiger charge is 2.30. The van der Waals surface area contributed by atoms with Gasteiger partial charge in [-0.25, -0.2) is 0 Å². The second-order valence-corrected chi connectivity index (χ2v) is 7.48. The number of carbonyl (C=O) groups excluding carboxylic acids is 2. The molecule has 0 bridgehead atoms. The number of piperazine rings is 1. The zero-order valence-corrected chi connectivity index (χ0v) is 16.0. The molecule has 2 aliphatic rings. The molecule has 1 aromatic carbocycles.